The molecule has 2 aliphatic rings. The number of nitrogen functional groups attached to an aromatic ring is 1. The van der Waals surface area contributed by atoms with Crippen molar-refractivity contribution in [3.8, 4) is 0 Å². The Hall–Kier alpha value is -1.85. The van der Waals surface area contributed by atoms with Gasteiger partial charge in [-0.15, -0.1) is 0 Å². The highest BCUT2D eigenvalue weighted by atomic mass is 31.2. The molecule has 0 bridgehead atoms. The van der Waals surface area contributed by atoms with E-state index >= 15 is 4.39 Å². The second kappa shape index (κ2) is 6.35. The molecule has 2 fully saturated rings. The smallest absolute Gasteiger partial charge is 0.369 e. The maximum atomic E-state index is 15.7. The predicted molar refractivity (Wildman–Crippen MR) is 90.7 cm³/mol. The second-order valence-corrected chi connectivity index (χ2v) is 8.18. The SMILES string of the molecule is CCCO[P@]1(=O)OC[C@H]2O[C@@H](n3cnc4c(=O)[nH]c(N)nc43)[C@](C)(F)[C@@H]2O1. The van der Waals surface area contributed by atoms with E-state index in [9.17, 15) is 9.36 Å². The molecule has 5 atom stereocenters. The number of fused-ring (bicyclic) bond motifs is 2. The number of rotatable bonds is 4. The van der Waals surface area contributed by atoms with Crippen LogP contribution in [0.5, 0.6) is 0 Å². The van der Waals surface area contributed by atoms with Crippen LogP contribution in [0, 0.1) is 0 Å². The highest BCUT2D eigenvalue weighted by Crippen LogP contribution is 2.59. The zero-order chi connectivity index (χ0) is 19.4. The summed E-state index contributed by atoms with van der Waals surface area (Å²) in [6, 6.07) is 0. The van der Waals surface area contributed by atoms with Crippen molar-refractivity contribution >= 4 is 24.9 Å². The van der Waals surface area contributed by atoms with E-state index in [2.05, 4.69) is 15.0 Å². The molecular formula is C14H19FN5O6P. The van der Waals surface area contributed by atoms with E-state index in [1.165, 1.54) is 17.8 Å². The molecule has 0 unspecified atom stereocenters. The minimum absolute atomic E-state index is 0.00686. The van der Waals surface area contributed by atoms with Gasteiger partial charge in [-0.2, -0.15) is 4.98 Å². The number of phosphoric acid groups is 1. The lowest BCUT2D eigenvalue weighted by Crippen LogP contribution is -2.44. The number of imidazole rings is 1. The topological polar surface area (TPSA) is 144 Å². The van der Waals surface area contributed by atoms with E-state index in [0.29, 0.717) is 6.42 Å². The summed E-state index contributed by atoms with van der Waals surface area (Å²) in [5.41, 5.74) is 2.95. The molecular weight excluding hydrogens is 384 g/mol. The van der Waals surface area contributed by atoms with Crippen LogP contribution in [-0.2, 0) is 22.9 Å². The van der Waals surface area contributed by atoms with Crippen LogP contribution in [0.3, 0.4) is 0 Å². The number of ether oxygens (including phenoxy) is 1. The van der Waals surface area contributed by atoms with Crippen LogP contribution in [0.15, 0.2) is 11.1 Å². The Morgan fingerprint density at radius 1 is 1.59 bits per heavy atom. The summed E-state index contributed by atoms with van der Waals surface area (Å²) in [5, 5.41) is 0. The fourth-order valence-electron chi connectivity index (χ4n) is 3.23. The minimum atomic E-state index is -3.88. The van der Waals surface area contributed by atoms with Gasteiger partial charge < -0.3 is 10.5 Å². The standard InChI is InChI=1S/C14H19FN5O6P/c1-3-4-23-27(22)24-5-7-9(26-27)14(2,15)12(25-7)20-6-17-8-10(20)18-13(16)19-11(8)21/h6-7,9,12H,3-5H2,1-2H3,(H3,16,18,19,21)/t7-,9-,12-,14-,27-/m1/s1. The number of aromatic amines is 1. The summed E-state index contributed by atoms with van der Waals surface area (Å²) in [7, 11) is -3.88. The van der Waals surface area contributed by atoms with Crippen LogP contribution in [-0.4, -0.2) is 50.6 Å². The van der Waals surface area contributed by atoms with E-state index in [1.807, 2.05) is 6.92 Å². The number of H-pyrrole nitrogens is 1. The maximum absolute atomic E-state index is 15.7. The molecule has 148 valence electrons. The number of nitrogens with one attached hydrogen (secondary N) is 1. The largest absolute Gasteiger partial charge is 0.475 e. The number of aromatic nitrogens is 4. The van der Waals surface area contributed by atoms with Crippen LogP contribution in [0.4, 0.5) is 10.3 Å². The number of hydrogen-bond acceptors (Lipinski definition) is 9. The molecule has 0 amide bonds. The van der Waals surface area contributed by atoms with Crippen molar-refractivity contribution < 1.29 is 27.3 Å². The van der Waals surface area contributed by atoms with Crippen molar-refractivity contribution in [2.24, 2.45) is 0 Å². The van der Waals surface area contributed by atoms with Gasteiger partial charge in [0.05, 0.1) is 19.5 Å². The molecule has 0 radical (unpaired) electrons. The van der Waals surface area contributed by atoms with Gasteiger partial charge in [0.1, 0.15) is 12.2 Å². The van der Waals surface area contributed by atoms with Gasteiger partial charge in [0.15, 0.2) is 23.1 Å². The first kappa shape index (κ1) is 18.5. The van der Waals surface area contributed by atoms with Crippen LogP contribution < -0.4 is 11.3 Å². The van der Waals surface area contributed by atoms with Crippen LogP contribution >= 0.6 is 7.82 Å². The minimum Gasteiger partial charge on any atom is -0.369 e. The quantitative estimate of drug-likeness (QED) is 0.721. The van der Waals surface area contributed by atoms with Gasteiger partial charge in [-0.1, -0.05) is 6.92 Å². The van der Waals surface area contributed by atoms with Gasteiger partial charge in [-0.3, -0.25) is 27.9 Å². The van der Waals surface area contributed by atoms with Gasteiger partial charge in [0.25, 0.3) is 5.56 Å². The molecule has 0 saturated carbocycles. The molecule has 13 heteroatoms. The van der Waals surface area contributed by atoms with E-state index in [4.69, 9.17) is 24.0 Å². The van der Waals surface area contributed by atoms with Gasteiger partial charge in [0.2, 0.25) is 5.95 Å². The lowest BCUT2D eigenvalue weighted by molar-refractivity contribution is -0.0706. The Balaban J connectivity index is 1.69. The molecule has 2 aromatic rings. The highest BCUT2D eigenvalue weighted by molar-refractivity contribution is 7.48. The summed E-state index contributed by atoms with van der Waals surface area (Å²) in [4.78, 5) is 22.2. The Bertz CT molecular complexity index is 977. The lowest BCUT2D eigenvalue weighted by Gasteiger charge is -2.33. The molecule has 2 aliphatic heterocycles. The van der Waals surface area contributed by atoms with Crippen molar-refractivity contribution in [1.82, 2.24) is 19.5 Å². The molecule has 11 nitrogen and oxygen atoms in total. The first-order chi connectivity index (χ1) is 12.7. The Morgan fingerprint density at radius 3 is 3.11 bits per heavy atom. The highest BCUT2D eigenvalue weighted by Gasteiger charge is 2.61. The summed E-state index contributed by atoms with van der Waals surface area (Å²) in [5.74, 6) is -0.137. The van der Waals surface area contributed by atoms with Crippen molar-refractivity contribution in [1.29, 1.82) is 0 Å². The third-order valence-corrected chi connectivity index (χ3v) is 5.93. The Morgan fingerprint density at radius 2 is 2.37 bits per heavy atom. The predicted octanol–water partition coefficient (Wildman–Crippen LogP) is 1.28. The molecule has 0 aliphatic carbocycles. The van der Waals surface area contributed by atoms with Crippen molar-refractivity contribution in [2.75, 3.05) is 18.9 Å². The molecule has 4 rings (SSSR count). The van der Waals surface area contributed by atoms with Crippen molar-refractivity contribution in [3.63, 3.8) is 0 Å². The van der Waals surface area contributed by atoms with Gasteiger partial charge in [-0.05, 0) is 13.3 Å². The van der Waals surface area contributed by atoms with E-state index in [1.54, 1.807) is 0 Å². The molecule has 3 N–H and O–H groups in total. The van der Waals surface area contributed by atoms with E-state index < -0.39 is 37.5 Å². The third-order valence-electron chi connectivity index (χ3n) is 4.48. The number of halogens is 1. The van der Waals surface area contributed by atoms with Gasteiger partial charge in [-0.25, -0.2) is 13.9 Å². The molecule has 27 heavy (non-hydrogen) atoms. The molecule has 2 saturated heterocycles. The number of anilines is 1. The van der Waals surface area contributed by atoms with Crippen molar-refractivity contribution in [3.05, 3.63) is 16.7 Å². The summed E-state index contributed by atoms with van der Waals surface area (Å²) in [6.07, 6.45) is -1.43. The third kappa shape index (κ3) is 2.97. The average molecular weight is 403 g/mol. The fourth-order valence-corrected chi connectivity index (χ4v) is 4.78. The number of nitrogens with two attached hydrogens (primary N) is 1. The zero-order valence-electron chi connectivity index (χ0n) is 14.6. The normalized spacial score (nSPS) is 36.2. The summed E-state index contributed by atoms with van der Waals surface area (Å²) in [6.45, 7) is 3.07. The van der Waals surface area contributed by atoms with Gasteiger partial charge in [0, 0.05) is 0 Å². The number of alkyl halides is 1. The second-order valence-electron chi connectivity index (χ2n) is 6.56. The molecule has 0 aromatic carbocycles. The monoisotopic (exact) mass is 403 g/mol. The summed E-state index contributed by atoms with van der Waals surface area (Å²) < 4.78 is 50.9. The van der Waals surface area contributed by atoms with E-state index in [-0.39, 0.29) is 30.3 Å². The lowest BCUT2D eigenvalue weighted by atomic mass is 9.98. The summed E-state index contributed by atoms with van der Waals surface area (Å²) >= 11 is 0. The fraction of sp³-hybridized carbons (Fsp3) is 0.643. The number of nitrogens with zero attached hydrogens (tertiary/aromatic N) is 3. The number of hydrogen-bond donors (Lipinski definition) is 2. The first-order valence-electron chi connectivity index (χ1n) is 8.39. The first-order valence-corrected chi connectivity index (χ1v) is 9.85. The Kier molecular flexibility index (Phi) is 4.35. The van der Waals surface area contributed by atoms with Crippen molar-refractivity contribution in [2.45, 2.75) is 44.4 Å². The zero-order valence-corrected chi connectivity index (χ0v) is 15.5. The molecule has 2 aromatic heterocycles. The van der Waals surface area contributed by atoms with Crippen LogP contribution in [0.25, 0.3) is 11.2 Å². The molecule has 4 heterocycles. The number of phosphoric ester groups is 1. The average Bonchev–Trinajstić information content (AvgIpc) is 3.12. The maximum Gasteiger partial charge on any atom is 0.475 e. The van der Waals surface area contributed by atoms with Gasteiger partial charge >= 0.3 is 7.82 Å². The molecule has 0 spiro atoms. The van der Waals surface area contributed by atoms with Crippen LogP contribution in [0.2, 0.25) is 0 Å². The van der Waals surface area contributed by atoms with E-state index in [0.717, 1.165) is 0 Å². The van der Waals surface area contributed by atoms with Crippen LogP contribution in [0.1, 0.15) is 26.5 Å². The Labute approximate surface area is 152 Å².